The smallest absolute Gasteiger partial charge is 0.126 e. The summed E-state index contributed by atoms with van der Waals surface area (Å²) in [6.07, 6.45) is 2.73. The number of aromatic hydroxyl groups is 2. The van der Waals surface area contributed by atoms with Gasteiger partial charge in [-0.3, -0.25) is 0 Å². The predicted octanol–water partition coefficient (Wildman–Crippen LogP) is 9.97. The Morgan fingerprint density at radius 3 is 1.69 bits per heavy atom. The van der Waals surface area contributed by atoms with Gasteiger partial charge in [0.15, 0.2) is 0 Å². The minimum Gasteiger partial charge on any atom is -0.507 e. The highest BCUT2D eigenvalue weighted by atomic mass is 16.3. The zero-order chi connectivity index (χ0) is 40.3. The molecule has 0 amide bonds. The summed E-state index contributed by atoms with van der Waals surface area (Å²) in [5, 5.41) is 69.8. The molecule has 6 heteroatoms. The fourth-order valence-corrected chi connectivity index (χ4v) is 9.99. The first-order valence-electron chi connectivity index (χ1n) is 20.2. The first-order chi connectivity index (χ1) is 28.2. The van der Waals surface area contributed by atoms with Crippen LogP contribution in [0, 0.1) is 5.92 Å². The van der Waals surface area contributed by atoms with Gasteiger partial charge < -0.3 is 30.6 Å². The molecule has 0 saturated carbocycles. The van der Waals surface area contributed by atoms with Crippen LogP contribution in [0.25, 0.3) is 54.6 Å². The molecule has 292 valence electrons. The maximum Gasteiger partial charge on any atom is 0.126 e. The Bertz CT molecular complexity index is 2790. The highest BCUT2D eigenvalue weighted by Gasteiger charge is 2.43. The molecule has 0 aromatic heterocycles. The third-order valence-electron chi connectivity index (χ3n) is 12.6. The van der Waals surface area contributed by atoms with Crippen LogP contribution in [0.4, 0.5) is 0 Å². The van der Waals surface area contributed by atoms with E-state index < -0.39 is 5.41 Å². The molecule has 0 heterocycles. The number of aryl methyl sites for hydroxylation is 1. The van der Waals surface area contributed by atoms with Crippen LogP contribution in [0.1, 0.15) is 70.3 Å². The molecular formula is C52H48O6. The van der Waals surface area contributed by atoms with Gasteiger partial charge >= 0.3 is 0 Å². The maximum absolute atomic E-state index is 10.8. The molecule has 6 nitrogen and oxygen atoms in total. The Morgan fingerprint density at radius 1 is 0.500 bits per heavy atom. The lowest BCUT2D eigenvalue weighted by atomic mass is 9.69. The average molecular weight is 769 g/mol. The highest BCUT2D eigenvalue weighted by Crippen LogP contribution is 2.54. The largest absolute Gasteiger partial charge is 0.507 e. The van der Waals surface area contributed by atoms with Crippen molar-refractivity contribution in [3.63, 3.8) is 0 Å². The number of aliphatic hydroxyl groups excluding tert-OH is 4. The third kappa shape index (κ3) is 6.19. The Morgan fingerprint density at radius 2 is 1.05 bits per heavy atom. The van der Waals surface area contributed by atoms with Gasteiger partial charge in [0.25, 0.3) is 0 Å². The van der Waals surface area contributed by atoms with Crippen LogP contribution in [-0.2, 0) is 51.1 Å². The van der Waals surface area contributed by atoms with Crippen LogP contribution >= 0.6 is 0 Å². The number of hydrogen-bond acceptors (Lipinski definition) is 6. The van der Waals surface area contributed by atoms with E-state index in [1.54, 1.807) is 0 Å². The summed E-state index contributed by atoms with van der Waals surface area (Å²) in [4.78, 5) is 0. The first-order valence-corrected chi connectivity index (χ1v) is 20.2. The van der Waals surface area contributed by atoms with Crippen molar-refractivity contribution < 1.29 is 30.6 Å². The standard InChI is InChI=1S/C52H48O6/c1-30(2)17-32-20-36-8-7-34-9-12-42(45-14-11-37(21-32)48(36)49(34)45)35-10-13-44-43-5-3-4-6-46(43)52(47(44)24-35,25-33-22-40(28-55)51(58)41(23-33)29-56)16-15-31-18-38(26-53)50(57)39(19-31)27-54/h3-14,18-24,30,53-58H,15-17,25-29H2,1-2H3. The van der Waals surface area contributed by atoms with Gasteiger partial charge in [-0.2, -0.15) is 0 Å². The van der Waals surface area contributed by atoms with E-state index in [9.17, 15) is 30.6 Å². The molecule has 9 rings (SSSR count). The van der Waals surface area contributed by atoms with Gasteiger partial charge in [0.2, 0.25) is 0 Å². The Labute approximate surface area is 338 Å². The van der Waals surface area contributed by atoms with Crippen molar-refractivity contribution in [2.75, 3.05) is 0 Å². The van der Waals surface area contributed by atoms with Crippen molar-refractivity contribution >= 4 is 32.3 Å². The van der Waals surface area contributed by atoms with E-state index in [0.29, 0.717) is 47.4 Å². The highest BCUT2D eigenvalue weighted by molar-refractivity contribution is 6.25. The van der Waals surface area contributed by atoms with Crippen molar-refractivity contribution in [3.8, 4) is 33.8 Å². The van der Waals surface area contributed by atoms with E-state index in [1.165, 1.54) is 37.9 Å². The Kier molecular flexibility index (Phi) is 9.69. The van der Waals surface area contributed by atoms with Crippen LogP contribution in [0.5, 0.6) is 11.5 Å². The zero-order valence-electron chi connectivity index (χ0n) is 32.9. The molecule has 1 aliphatic carbocycles. The molecule has 58 heavy (non-hydrogen) atoms. The quantitative estimate of drug-likeness (QED) is 0.0689. The zero-order valence-corrected chi connectivity index (χ0v) is 32.9. The molecule has 0 bridgehead atoms. The SMILES string of the molecule is CC(C)Cc1cc2ccc3ccc(-c4ccc5c(c4)C(CCc4cc(CO)c(O)c(CO)c4)(Cc4cc(CO)c(O)c(CO)c4)c4ccccc4-5)c4ccc(c1)c2c34. The summed E-state index contributed by atoms with van der Waals surface area (Å²) in [6.45, 7) is 3.07. The summed E-state index contributed by atoms with van der Waals surface area (Å²) >= 11 is 0. The fourth-order valence-electron chi connectivity index (χ4n) is 9.99. The van der Waals surface area contributed by atoms with Gasteiger partial charge in [-0.1, -0.05) is 98.8 Å². The molecule has 8 aromatic carbocycles. The molecule has 0 aliphatic heterocycles. The van der Waals surface area contributed by atoms with Gasteiger partial charge in [-0.05, 0) is 144 Å². The van der Waals surface area contributed by atoms with Crippen molar-refractivity contribution in [2.24, 2.45) is 5.92 Å². The minimum atomic E-state index is -0.606. The van der Waals surface area contributed by atoms with Gasteiger partial charge in [0, 0.05) is 27.7 Å². The van der Waals surface area contributed by atoms with Crippen LogP contribution in [0.2, 0.25) is 0 Å². The second kappa shape index (κ2) is 14.9. The maximum atomic E-state index is 10.8. The van der Waals surface area contributed by atoms with E-state index in [2.05, 4.69) is 105 Å². The van der Waals surface area contributed by atoms with Gasteiger partial charge in [0.05, 0.1) is 26.4 Å². The molecule has 0 fully saturated rings. The Balaban J connectivity index is 1.25. The lowest BCUT2D eigenvalue weighted by Crippen LogP contribution is -2.29. The lowest BCUT2D eigenvalue weighted by Gasteiger charge is -2.34. The van der Waals surface area contributed by atoms with Crippen molar-refractivity contribution in [1.29, 1.82) is 0 Å². The molecule has 0 radical (unpaired) electrons. The minimum absolute atomic E-state index is 0.0916. The van der Waals surface area contributed by atoms with Crippen molar-refractivity contribution in [1.82, 2.24) is 0 Å². The van der Waals surface area contributed by atoms with Crippen molar-refractivity contribution in [3.05, 3.63) is 165 Å². The van der Waals surface area contributed by atoms with Crippen LogP contribution in [0.15, 0.2) is 115 Å². The summed E-state index contributed by atoms with van der Waals surface area (Å²) in [5.74, 6) is 0.378. The number of aliphatic hydroxyl groups is 4. The topological polar surface area (TPSA) is 121 Å². The molecule has 1 aliphatic rings. The number of phenols is 2. The van der Waals surface area contributed by atoms with E-state index in [-0.39, 0.29) is 37.9 Å². The van der Waals surface area contributed by atoms with Gasteiger partial charge in [0.1, 0.15) is 11.5 Å². The summed E-state index contributed by atoms with van der Waals surface area (Å²) in [5.41, 5.74) is 10.8. The van der Waals surface area contributed by atoms with Crippen molar-refractivity contribution in [2.45, 2.75) is 71.4 Å². The van der Waals surface area contributed by atoms with Crippen LogP contribution in [0.3, 0.4) is 0 Å². The number of fused-ring (bicyclic) bond motifs is 3. The number of benzene rings is 8. The van der Waals surface area contributed by atoms with Gasteiger partial charge in [-0.25, -0.2) is 0 Å². The van der Waals surface area contributed by atoms with E-state index in [1.807, 2.05) is 24.3 Å². The average Bonchev–Trinajstić information content (AvgIpc) is 3.50. The number of rotatable bonds is 12. The monoisotopic (exact) mass is 768 g/mol. The summed E-state index contributed by atoms with van der Waals surface area (Å²) in [6, 6.07) is 40.8. The molecule has 1 unspecified atom stereocenters. The first kappa shape index (κ1) is 37.8. The summed E-state index contributed by atoms with van der Waals surface area (Å²) in [7, 11) is 0. The molecule has 8 aromatic rings. The third-order valence-corrected chi connectivity index (χ3v) is 12.6. The lowest BCUT2D eigenvalue weighted by molar-refractivity contribution is 0.262. The normalized spacial score (nSPS) is 14.9. The van der Waals surface area contributed by atoms with Crippen LogP contribution < -0.4 is 0 Å². The molecule has 0 spiro atoms. The van der Waals surface area contributed by atoms with E-state index in [4.69, 9.17) is 0 Å². The molecule has 1 atom stereocenters. The van der Waals surface area contributed by atoms with E-state index in [0.717, 1.165) is 50.9 Å². The van der Waals surface area contributed by atoms with Crippen LogP contribution in [-0.4, -0.2) is 30.6 Å². The van der Waals surface area contributed by atoms with E-state index >= 15 is 0 Å². The molecule has 0 saturated heterocycles. The van der Waals surface area contributed by atoms with Gasteiger partial charge in [-0.15, -0.1) is 0 Å². The Hall–Kier alpha value is -5.76. The predicted molar refractivity (Wildman–Crippen MR) is 232 cm³/mol. The summed E-state index contributed by atoms with van der Waals surface area (Å²) < 4.78 is 0. The second-order valence-electron chi connectivity index (χ2n) is 16.6. The number of hydrogen-bond donors (Lipinski definition) is 6. The molecular weight excluding hydrogens is 721 g/mol. The molecule has 6 N–H and O–H groups in total. The fraction of sp³-hybridized carbons (Fsp3) is 0.231. The second-order valence-corrected chi connectivity index (χ2v) is 16.6.